The van der Waals surface area contributed by atoms with Gasteiger partial charge in [-0.2, -0.15) is 0 Å². The molecule has 3 heteroatoms. The highest BCUT2D eigenvalue weighted by Gasteiger charge is 2.20. The topological polar surface area (TPSA) is 29.5 Å². The Morgan fingerprint density at radius 2 is 2.14 bits per heavy atom. The first-order chi connectivity index (χ1) is 10.1. The Bertz CT molecular complexity index is 502. The number of Topliss-reactive ketones (excluding diaryl/α,β-unsaturated/α-hetero) is 1. The van der Waals surface area contributed by atoms with E-state index in [0.29, 0.717) is 24.5 Å². The molecule has 1 aliphatic rings. The highest BCUT2D eigenvalue weighted by molar-refractivity contribution is 6.00. The Morgan fingerprint density at radius 3 is 2.81 bits per heavy atom. The van der Waals surface area contributed by atoms with Gasteiger partial charge in [-0.3, -0.25) is 9.69 Å². The molecular weight excluding hydrogens is 262 g/mol. The zero-order valence-corrected chi connectivity index (χ0v) is 13.1. The second-order valence-electron chi connectivity index (χ2n) is 5.98. The smallest absolute Gasteiger partial charge is 0.180 e. The molecular formula is C18H25NO2. The maximum Gasteiger partial charge on any atom is 0.180 e. The maximum absolute atomic E-state index is 12.6. The molecule has 0 spiro atoms. The summed E-state index contributed by atoms with van der Waals surface area (Å²) in [7, 11) is 0. The number of carbonyl (C=O) groups is 1. The number of benzene rings is 1. The van der Waals surface area contributed by atoms with Crippen LogP contribution in [-0.2, 0) is 0 Å². The molecule has 3 nitrogen and oxygen atoms in total. The lowest BCUT2D eigenvalue weighted by Crippen LogP contribution is -2.36. The minimum absolute atomic E-state index is 0.146. The summed E-state index contributed by atoms with van der Waals surface area (Å²) in [6, 6.07) is 5.77. The molecule has 0 saturated carbocycles. The van der Waals surface area contributed by atoms with Crippen molar-refractivity contribution in [3.05, 3.63) is 42.0 Å². The molecule has 1 aromatic rings. The van der Waals surface area contributed by atoms with Crippen LogP contribution >= 0.6 is 0 Å². The van der Waals surface area contributed by atoms with Gasteiger partial charge in [0.05, 0.1) is 12.1 Å². The molecule has 0 atom stereocenters. The molecule has 1 fully saturated rings. The zero-order chi connectivity index (χ0) is 15.2. The average molecular weight is 287 g/mol. The summed E-state index contributed by atoms with van der Waals surface area (Å²) in [4.78, 5) is 14.8. The van der Waals surface area contributed by atoms with E-state index in [1.165, 1.54) is 12.8 Å². The Balaban J connectivity index is 2.06. The van der Waals surface area contributed by atoms with Gasteiger partial charge in [-0.05, 0) is 50.9 Å². The number of aryl methyl sites for hydroxylation is 1. The average Bonchev–Trinajstić information content (AvgIpc) is 2.48. The number of piperidine rings is 1. The van der Waals surface area contributed by atoms with Gasteiger partial charge in [0, 0.05) is 0 Å². The van der Waals surface area contributed by atoms with E-state index in [4.69, 9.17) is 4.74 Å². The first kappa shape index (κ1) is 15.8. The van der Waals surface area contributed by atoms with Crippen molar-refractivity contribution in [3.63, 3.8) is 0 Å². The van der Waals surface area contributed by atoms with Gasteiger partial charge < -0.3 is 4.74 Å². The van der Waals surface area contributed by atoms with Crippen molar-refractivity contribution < 1.29 is 9.53 Å². The lowest BCUT2D eigenvalue weighted by atomic mass is 9.98. The number of nitrogens with zero attached hydrogens (tertiary/aromatic N) is 1. The SMILES string of the molecule is C=CCOc1ccc(C)cc1C(=O)CN1CCC(C)CC1. The first-order valence-corrected chi connectivity index (χ1v) is 7.70. The largest absolute Gasteiger partial charge is 0.489 e. The molecule has 1 heterocycles. The second kappa shape index (κ2) is 7.41. The van der Waals surface area contributed by atoms with Crippen molar-refractivity contribution in [1.29, 1.82) is 0 Å². The number of carbonyl (C=O) groups excluding carboxylic acids is 1. The fourth-order valence-corrected chi connectivity index (χ4v) is 2.64. The lowest BCUT2D eigenvalue weighted by Gasteiger charge is -2.29. The van der Waals surface area contributed by atoms with Crippen LogP contribution in [0.1, 0.15) is 35.7 Å². The van der Waals surface area contributed by atoms with Gasteiger partial charge in [-0.25, -0.2) is 0 Å². The van der Waals surface area contributed by atoms with Gasteiger partial charge in [0.1, 0.15) is 12.4 Å². The standard InChI is InChI=1S/C18H25NO2/c1-4-11-21-18-6-5-15(3)12-16(18)17(20)13-19-9-7-14(2)8-10-19/h4-6,12,14H,1,7-11,13H2,2-3H3. The summed E-state index contributed by atoms with van der Waals surface area (Å²) in [6.07, 6.45) is 4.06. The zero-order valence-electron chi connectivity index (χ0n) is 13.1. The molecule has 1 aliphatic heterocycles. The number of hydrogen-bond acceptors (Lipinski definition) is 3. The molecule has 1 aromatic carbocycles. The normalized spacial score (nSPS) is 16.7. The third kappa shape index (κ3) is 4.43. The number of likely N-dealkylation sites (tertiary alicyclic amines) is 1. The molecule has 114 valence electrons. The molecule has 0 N–H and O–H groups in total. The summed E-state index contributed by atoms with van der Waals surface area (Å²) in [5.41, 5.74) is 1.77. The van der Waals surface area contributed by atoms with Crippen LogP contribution in [0, 0.1) is 12.8 Å². The maximum atomic E-state index is 12.6. The lowest BCUT2D eigenvalue weighted by molar-refractivity contribution is 0.0896. The predicted molar refractivity (Wildman–Crippen MR) is 86.0 cm³/mol. The van der Waals surface area contributed by atoms with E-state index in [0.717, 1.165) is 24.6 Å². The van der Waals surface area contributed by atoms with Gasteiger partial charge >= 0.3 is 0 Å². The molecule has 0 aromatic heterocycles. The highest BCUT2D eigenvalue weighted by atomic mass is 16.5. The number of hydrogen-bond donors (Lipinski definition) is 0. The van der Waals surface area contributed by atoms with Crippen LogP contribution in [0.15, 0.2) is 30.9 Å². The molecule has 21 heavy (non-hydrogen) atoms. The van der Waals surface area contributed by atoms with Gasteiger partial charge in [0.2, 0.25) is 0 Å². The van der Waals surface area contributed by atoms with E-state index in [1.54, 1.807) is 6.08 Å². The minimum Gasteiger partial charge on any atom is -0.489 e. The van der Waals surface area contributed by atoms with Gasteiger partial charge in [-0.15, -0.1) is 0 Å². The van der Waals surface area contributed by atoms with Crippen LogP contribution < -0.4 is 4.74 Å². The predicted octanol–water partition coefficient (Wildman–Crippen LogP) is 3.47. The summed E-state index contributed by atoms with van der Waals surface area (Å²) in [5.74, 6) is 1.59. The van der Waals surface area contributed by atoms with Crippen molar-refractivity contribution in [2.75, 3.05) is 26.2 Å². The van der Waals surface area contributed by atoms with Crippen molar-refractivity contribution in [1.82, 2.24) is 4.90 Å². The number of ether oxygens (including phenoxy) is 1. The molecule has 2 rings (SSSR count). The quantitative estimate of drug-likeness (QED) is 0.592. The Morgan fingerprint density at radius 1 is 1.43 bits per heavy atom. The highest BCUT2D eigenvalue weighted by Crippen LogP contribution is 2.22. The van der Waals surface area contributed by atoms with Crippen molar-refractivity contribution in [2.45, 2.75) is 26.7 Å². The van der Waals surface area contributed by atoms with Gasteiger partial charge in [0.15, 0.2) is 5.78 Å². The second-order valence-corrected chi connectivity index (χ2v) is 5.98. The van der Waals surface area contributed by atoms with E-state index < -0.39 is 0 Å². The van der Waals surface area contributed by atoms with E-state index in [9.17, 15) is 4.79 Å². The van der Waals surface area contributed by atoms with Crippen molar-refractivity contribution in [3.8, 4) is 5.75 Å². The van der Waals surface area contributed by atoms with Crippen LogP contribution in [0.5, 0.6) is 5.75 Å². The molecule has 0 bridgehead atoms. The molecule has 0 amide bonds. The first-order valence-electron chi connectivity index (χ1n) is 7.70. The van der Waals surface area contributed by atoms with Crippen molar-refractivity contribution in [2.24, 2.45) is 5.92 Å². The van der Waals surface area contributed by atoms with E-state index in [1.807, 2.05) is 25.1 Å². The van der Waals surface area contributed by atoms with E-state index >= 15 is 0 Å². The Labute approximate surface area is 127 Å². The van der Waals surface area contributed by atoms with Crippen LogP contribution in [0.2, 0.25) is 0 Å². The monoisotopic (exact) mass is 287 g/mol. The summed E-state index contributed by atoms with van der Waals surface area (Å²) in [5, 5.41) is 0. The molecule has 0 unspecified atom stereocenters. The molecule has 0 aliphatic carbocycles. The fraction of sp³-hybridized carbons (Fsp3) is 0.500. The Hall–Kier alpha value is -1.61. The third-order valence-electron chi connectivity index (χ3n) is 4.04. The summed E-state index contributed by atoms with van der Waals surface area (Å²) >= 11 is 0. The Kier molecular flexibility index (Phi) is 5.57. The van der Waals surface area contributed by atoms with E-state index in [-0.39, 0.29) is 5.78 Å². The van der Waals surface area contributed by atoms with E-state index in [2.05, 4.69) is 18.4 Å². The minimum atomic E-state index is 0.146. The number of ketones is 1. The summed E-state index contributed by atoms with van der Waals surface area (Å²) in [6.45, 7) is 10.9. The van der Waals surface area contributed by atoms with Crippen LogP contribution in [0.4, 0.5) is 0 Å². The third-order valence-corrected chi connectivity index (χ3v) is 4.04. The molecule has 1 saturated heterocycles. The van der Waals surface area contributed by atoms with Crippen molar-refractivity contribution >= 4 is 5.78 Å². The van der Waals surface area contributed by atoms with Gasteiger partial charge in [0.25, 0.3) is 0 Å². The van der Waals surface area contributed by atoms with Crippen LogP contribution in [0.25, 0.3) is 0 Å². The van der Waals surface area contributed by atoms with Crippen LogP contribution in [0.3, 0.4) is 0 Å². The van der Waals surface area contributed by atoms with Gasteiger partial charge in [-0.1, -0.05) is 31.2 Å². The number of rotatable bonds is 6. The molecule has 0 radical (unpaired) electrons. The summed E-state index contributed by atoms with van der Waals surface area (Å²) < 4.78 is 5.61. The fourth-order valence-electron chi connectivity index (χ4n) is 2.64. The van der Waals surface area contributed by atoms with Crippen LogP contribution in [-0.4, -0.2) is 36.9 Å².